The monoisotopic (exact) mass is 247 g/mol. The maximum absolute atomic E-state index is 11.8. The highest BCUT2D eigenvalue weighted by atomic mass is 16.4. The average Bonchev–Trinajstić information content (AvgIpc) is 3.08. The first-order valence-electron chi connectivity index (χ1n) is 6.09. The molecule has 0 aromatic heterocycles. The van der Waals surface area contributed by atoms with Crippen LogP contribution in [0.2, 0.25) is 0 Å². The van der Waals surface area contributed by atoms with E-state index in [0.717, 1.165) is 11.1 Å². The van der Waals surface area contributed by atoms with Gasteiger partial charge in [0.1, 0.15) is 0 Å². The van der Waals surface area contributed by atoms with E-state index < -0.39 is 11.9 Å². The van der Waals surface area contributed by atoms with Crippen LogP contribution in [0.15, 0.2) is 24.3 Å². The molecule has 1 saturated carbocycles. The number of hydrogen-bond donors (Lipinski definition) is 2. The molecule has 0 unspecified atom stereocenters. The van der Waals surface area contributed by atoms with Gasteiger partial charge in [0.05, 0.1) is 17.9 Å². The van der Waals surface area contributed by atoms with Crippen LogP contribution in [0.3, 0.4) is 0 Å². The highest BCUT2D eigenvalue weighted by molar-refractivity contribution is 5.89. The number of hydrogen-bond acceptors (Lipinski definition) is 2. The summed E-state index contributed by atoms with van der Waals surface area (Å²) < 4.78 is 0. The Hall–Kier alpha value is -1.84. The van der Waals surface area contributed by atoms with Crippen molar-refractivity contribution in [3.05, 3.63) is 35.4 Å². The third kappa shape index (κ3) is 2.70. The molecule has 0 spiro atoms. The number of carboxylic acids is 1. The van der Waals surface area contributed by atoms with E-state index in [0.29, 0.717) is 6.42 Å². The molecule has 2 rings (SSSR count). The minimum atomic E-state index is -0.877. The van der Waals surface area contributed by atoms with Crippen LogP contribution >= 0.6 is 0 Å². The van der Waals surface area contributed by atoms with Gasteiger partial charge in [0, 0.05) is 0 Å². The third-order valence-electron chi connectivity index (χ3n) is 3.35. The van der Waals surface area contributed by atoms with E-state index in [4.69, 9.17) is 5.11 Å². The summed E-state index contributed by atoms with van der Waals surface area (Å²) in [7, 11) is 0. The maximum atomic E-state index is 11.8. The largest absolute Gasteiger partial charge is 0.481 e. The van der Waals surface area contributed by atoms with Gasteiger partial charge in [-0.05, 0) is 25.8 Å². The molecule has 1 aromatic carbocycles. The standard InChI is InChI=1S/C14H17NO3/c1-8-4-3-5-10(6-8)9(2)15-13(16)11-7-12(11)14(17)18/h3-6,9,11-12H,7H2,1-2H3,(H,15,16)(H,17,18)/t9-,11+,12-/m0/s1. The van der Waals surface area contributed by atoms with E-state index in [-0.39, 0.29) is 17.9 Å². The summed E-state index contributed by atoms with van der Waals surface area (Å²) >= 11 is 0. The maximum Gasteiger partial charge on any atom is 0.307 e. The van der Waals surface area contributed by atoms with Gasteiger partial charge in [-0.1, -0.05) is 29.8 Å². The fraction of sp³-hybridized carbons (Fsp3) is 0.429. The van der Waals surface area contributed by atoms with Gasteiger partial charge in [-0.15, -0.1) is 0 Å². The Labute approximate surface area is 106 Å². The number of rotatable bonds is 4. The van der Waals surface area contributed by atoms with Crippen LogP contribution in [0.25, 0.3) is 0 Å². The summed E-state index contributed by atoms with van der Waals surface area (Å²) in [4.78, 5) is 22.5. The van der Waals surface area contributed by atoms with Crippen LogP contribution in [-0.2, 0) is 9.59 Å². The average molecular weight is 247 g/mol. The molecule has 0 radical (unpaired) electrons. The second kappa shape index (κ2) is 4.80. The van der Waals surface area contributed by atoms with Gasteiger partial charge >= 0.3 is 5.97 Å². The zero-order valence-corrected chi connectivity index (χ0v) is 10.5. The molecule has 1 aliphatic rings. The molecule has 4 heteroatoms. The van der Waals surface area contributed by atoms with E-state index >= 15 is 0 Å². The number of aliphatic carboxylic acids is 1. The molecule has 96 valence electrons. The van der Waals surface area contributed by atoms with Gasteiger partial charge in [-0.3, -0.25) is 9.59 Å². The summed E-state index contributed by atoms with van der Waals surface area (Å²) in [5.41, 5.74) is 2.18. The lowest BCUT2D eigenvalue weighted by Crippen LogP contribution is -2.29. The van der Waals surface area contributed by atoms with Crippen molar-refractivity contribution in [2.45, 2.75) is 26.3 Å². The van der Waals surface area contributed by atoms with Gasteiger partial charge in [0.15, 0.2) is 0 Å². The minimum absolute atomic E-state index is 0.0903. The fourth-order valence-electron chi connectivity index (χ4n) is 2.10. The molecule has 18 heavy (non-hydrogen) atoms. The lowest BCUT2D eigenvalue weighted by molar-refractivity contribution is -0.140. The van der Waals surface area contributed by atoms with Crippen LogP contribution < -0.4 is 5.32 Å². The van der Waals surface area contributed by atoms with Crippen molar-refractivity contribution < 1.29 is 14.7 Å². The molecule has 0 aliphatic heterocycles. The summed E-state index contributed by atoms with van der Waals surface area (Å²) in [6.07, 6.45) is 0.460. The lowest BCUT2D eigenvalue weighted by atomic mass is 10.1. The molecule has 2 N–H and O–H groups in total. The number of aryl methyl sites for hydroxylation is 1. The van der Waals surface area contributed by atoms with E-state index in [1.54, 1.807) is 0 Å². The smallest absolute Gasteiger partial charge is 0.307 e. The zero-order valence-electron chi connectivity index (χ0n) is 10.5. The molecule has 0 heterocycles. The Morgan fingerprint density at radius 2 is 2.11 bits per heavy atom. The van der Waals surface area contributed by atoms with Crippen molar-refractivity contribution in [1.82, 2.24) is 5.32 Å². The first kappa shape index (κ1) is 12.6. The zero-order chi connectivity index (χ0) is 13.3. The molecule has 1 amide bonds. The first-order valence-corrected chi connectivity index (χ1v) is 6.09. The minimum Gasteiger partial charge on any atom is -0.481 e. The Morgan fingerprint density at radius 1 is 1.39 bits per heavy atom. The molecule has 4 nitrogen and oxygen atoms in total. The van der Waals surface area contributed by atoms with Gasteiger partial charge in [0.25, 0.3) is 0 Å². The normalized spacial score (nSPS) is 23.2. The third-order valence-corrected chi connectivity index (χ3v) is 3.35. The molecular weight excluding hydrogens is 230 g/mol. The molecular formula is C14H17NO3. The van der Waals surface area contributed by atoms with Crippen LogP contribution in [0.5, 0.6) is 0 Å². The molecule has 3 atom stereocenters. The molecule has 1 aromatic rings. The van der Waals surface area contributed by atoms with Gasteiger partial charge in [0.2, 0.25) is 5.91 Å². The Bertz CT molecular complexity index is 484. The summed E-state index contributed by atoms with van der Waals surface area (Å²) in [5, 5.41) is 11.6. The van der Waals surface area contributed by atoms with Crippen LogP contribution in [0.4, 0.5) is 0 Å². The second-order valence-corrected chi connectivity index (χ2v) is 4.93. The van der Waals surface area contributed by atoms with Crippen LogP contribution in [0, 0.1) is 18.8 Å². The van der Waals surface area contributed by atoms with Crippen LogP contribution in [-0.4, -0.2) is 17.0 Å². The SMILES string of the molecule is Cc1cccc([C@H](C)NC(=O)[C@@H]2C[C@@H]2C(=O)O)c1. The van der Waals surface area contributed by atoms with Gasteiger partial charge < -0.3 is 10.4 Å². The van der Waals surface area contributed by atoms with Crippen molar-refractivity contribution in [2.24, 2.45) is 11.8 Å². The number of nitrogens with one attached hydrogen (secondary N) is 1. The second-order valence-electron chi connectivity index (χ2n) is 4.93. The van der Waals surface area contributed by atoms with Gasteiger partial charge in [-0.25, -0.2) is 0 Å². The van der Waals surface area contributed by atoms with E-state index in [1.807, 2.05) is 38.1 Å². The van der Waals surface area contributed by atoms with E-state index in [2.05, 4.69) is 5.32 Å². The van der Waals surface area contributed by atoms with Crippen molar-refractivity contribution in [3.63, 3.8) is 0 Å². The highest BCUT2D eigenvalue weighted by Gasteiger charge is 2.48. The number of carboxylic acid groups (broad SMARTS) is 1. The summed E-state index contributed by atoms with van der Waals surface area (Å²) in [6.45, 7) is 3.91. The predicted molar refractivity (Wildman–Crippen MR) is 67.0 cm³/mol. The molecule has 1 aliphatic carbocycles. The van der Waals surface area contributed by atoms with Crippen molar-refractivity contribution in [1.29, 1.82) is 0 Å². The summed E-state index contributed by atoms with van der Waals surface area (Å²) in [5.74, 6) is -1.88. The number of carbonyl (C=O) groups is 2. The van der Waals surface area contributed by atoms with Crippen molar-refractivity contribution in [3.8, 4) is 0 Å². The Kier molecular flexibility index (Phi) is 3.36. The highest BCUT2D eigenvalue weighted by Crippen LogP contribution is 2.39. The fourth-order valence-corrected chi connectivity index (χ4v) is 2.10. The molecule has 1 fully saturated rings. The molecule has 0 bridgehead atoms. The van der Waals surface area contributed by atoms with Crippen LogP contribution in [0.1, 0.15) is 30.5 Å². The van der Waals surface area contributed by atoms with E-state index in [9.17, 15) is 9.59 Å². The number of carbonyl (C=O) groups excluding carboxylic acids is 1. The quantitative estimate of drug-likeness (QED) is 0.853. The Balaban J connectivity index is 1.94. The number of benzene rings is 1. The Morgan fingerprint density at radius 3 is 2.67 bits per heavy atom. The lowest BCUT2D eigenvalue weighted by Gasteiger charge is -2.14. The first-order chi connectivity index (χ1) is 8.49. The van der Waals surface area contributed by atoms with Crippen molar-refractivity contribution in [2.75, 3.05) is 0 Å². The topological polar surface area (TPSA) is 66.4 Å². The number of amides is 1. The van der Waals surface area contributed by atoms with Gasteiger partial charge in [-0.2, -0.15) is 0 Å². The predicted octanol–water partition coefficient (Wildman–Crippen LogP) is 1.89. The summed E-state index contributed by atoms with van der Waals surface area (Å²) in [6, 6.07) is 7.84. The molecule has 0 saturated heterocycles. The van der Waals surface area contributed by atoms with Crippen molar-refractivity contribution >= 4 is 11.9 Å². The van der Waals surface area contributed by atoms with E-state index in [1.165, 1.54) is 0 Å².